The van der Waals surface area contributed by atoms with E-state index in [-0.39, 0.29) is 54.3 Å². The normalized spacial score (nSPS) is 31.7. The molecule has 16 nitrogen and oxygen atoms in total. The molecule has 1 aromatic carbocycles. The summed E-state index contributed by atoms with van der Waals surface area (Å²) in [7, 11) is 3.01. The quantitative estimate of drug-likeness (QED) is 0.109. The number of halogens is 1. The number of hydrogen-bond acceptors (Lipinski definition) is 12. The van der Waals surface area contributed by atoms with Gasteiger partial charge < -0.3 is 39.3 Å². The summed E-state index contributed by atoms with van der Waals surface area (Å²) in [5, 5.41) is 34.9. The van der Waals surface area contributed by atoms with E-state index in [0.717, 1.165) is 11.1 Å². The molecule has 3 saturated heterocycles. The molecule has 60 heavy (non-hydrogen) atoms. The Bertz CT molecular complexity index is 1910. The smallest absolute Gasteiger partial charge is 0.409 e. The third-order valence-electron chi connectivity index (χ3n) is 12.5. The van der Waals surface area contributed by atoms with Gasteiger partial charge in [0.2, 0.25) is 23.6 Å². The monoisotopic (exact) mass is 858 g/mol. The first kappa shape index (κ1) is 46.7. The van der Waals surface area contributed by atoms with E-state index in [9.17, 15) is 44.1 Å². The number of epoxide rings is 1. The molecule has 0 radical (unpaired) electrons. The molecule has 5 amide bonds. The lowest BCUT2D eigenvalue weighted by molar-refractivity contribution is -0.162. The summed E-state index contributed by atoms with van der Waals surface area (Å²) in [5.41, 5.74) is -0.871. The van der Waals surface area contributed by atoms with Crippen LogP contribution in [0.15, 0.2) is 35.9 Å². The lowest BCUT2D eigenvalue weighted by atomic mass is 9.81. The van der Waals surface area contributed by atoms with Gasteiger partial charge in [0.1, 0.15) is 23.9 Å². The molecule has 330 valence electrons. The molecule has 0 saturated carbocycles. The molecule has 3 fully saturated rings. The molecular formula is C43H59ClN4O12. The Hall–Kier alpha value is -4.35. The molecular weight excluding hydrogens is 800 g/mol. The number of anilines is 1. The van der Waals surface area contributed by atoms with E-state index < -0.39 is 78.7 Å². The maximum absolute atomic E-state index is 14.2. The summed E-state index contributed by atoms with van der Waals surface area (Å²) in [4.78, 5) is 82.4. The number of likely N-dealkylation sites (N-methyl/N-ethyl adjacent to an activating group) is 1. The zero-order valence-corrected chi connectivity index (χ0v) is 36.2. The van der Waals surface area contributed by atoms with Crippen molar-refractivity contribution in [2.45, 2.75) is 128 Å². The van der Waals surface area contributed by atoms with Crippen molar-refractivity contribution in [3.05, 3.63) is 52.1 Å². The highest BCUT2D eigenvalue weighted by Crippen LogP contribution is 2.49. The van der Waals surface area contributed by atoms with Crippen LogP contribution >= 0.6 is 11.6 Å². The molecule has 5 rings (SSSR count). The van der Waals surface area contributed by atoms with E-state index >= 15 is 0 Å². The lowest BCUT2D eigenvalue weighted by Crippen LogP contribution is -2.62. The van der Waals surface area contributed by atoms with Crippen molar-refractivity contribution in [1.29, 1.82) is 0 Å². The largest absolute Gasteiger partial charge is 0.457 e. The lowest BCUT2D eigenvalue weighted by Gasteiger charge is -2.42. The second-order valence-electron chi connectivity index (χ2n) is 17.0. The second kappa shape index (κ2) is 19.1. The molecule has 4 aliphatic heterocycles. The van der Waals surface area contributed by atoms with E-state index in [1.54, 1.807) is 51.1 Å². The SMILES string of the molecule is C/C1=C\C=C\[C@@H](CO)[C@@]2(O)C[C@H](OC(=O)N2)[C@@H](C)[C@@H]2O[C@@]2(C)[C@@H](OC(=O)[C@H](C)N(C)C(=O)CCCCCN2C(=O)CC(C)C2=O)CC(=O)N(C)c2cc(cc(CO)c2Cl)C1. The van der Waals surface area contributed by atoms with Gasteiger partial charge in [0, 0.05) is 57.7 Å². The van der Waals surface area contributed by atoms with Gasteiger partial charge in [-0.1, -0.05) is 61.7 Å². The first-order valence-electron chi connectivity index (χ1n) is 20.6. The van der Waals surface area contributed by atoms with Crippen LogP contribution in [0.3, 0.4) is 0 Å². The molecule has 4 heterocycles. The number of hydrogen-bond donors (Lipinski definition) is 4. The molecule has 4 N–H and O–H groups in total. The Balaban J connectivity index is 1.37. The van der Waals surface area contributed by atoms with Crippen LogP contribution < -0.4 is 10.2 Å². The molecule has 1 unspecified atom stereocenters. The van der Waals surface area contributed by atoms with Crippen molar-refractivity contribution in [3.63, 3.8) is 0 Å². The van der Waals surface area contributed by atoms with Gasteiger partial charge in [0.05, 0.1) is 36.4 Å². The number of allylic oxidation sites excluding steroid dienone is 3. The summed E-state index contributed by atoms with van der Waals surface area (Å²) in [6.45, 7) is 7.93. The van der Waals surface area contributed by atoms with Gasteiger partial charge in [-0.3, -0.25) is 29.4 Å². The summed E-state index contributed by atoms with van der Waals surface area (Å²) < 4.78 is 18.0. The minimum absolute atomic E-state index is 0.110. The van der Waals surface area contributed by atoms with Gasteiger partial charge >= 0.3 is 12.1 Å². The first-order valence-corrected chi connectivity index (χ1v) is 20.9. The molecule has 1 aromatic rings. The van der Waals surface area contributed by atoms with Crippen LogP contribution in [-0.2, 0) is 51.2 Å². The minimum atomic E-state index is -1.89. The number of rotatable bonds is 11. The van der Waals surface area contributed by atoms with Crippen molar-refractivity contribution in [2.24, 2.45) is 17.8 Å². The molecule has 0 aromatic heterocycles. The van der Waals surface area contributed by atoms with E-state index in [0.29, 0.717) is 43.5 Å². The van der Waals surface area contributed by atoms with E-state index in [4.69, 9.17) is 25.8 Å². The number of aliphatic hydroxyl groups is 3. The standard InChI is InChI=1S/C43H59ClN4O12/c1-24-12-11-13-30(23-50)43(57)21-32(58-41(56)45-43)26(3)38-42(5,60-38)33(20-35(52)47(7)31-19-28(16-24)18-29(22-49)37(31)44)59-40(55)27(4)46(6)34(51)14-9-8-10-15-48-36(53)17-25(2)39(48)54/h11-13,18-19,25-27,30,32-33,38,49-50,57H,8-10,14-17,20-23H2,1-7H3,(H,45,56)/b13-11+,24-12+/t25?,26-,27+,30+,32+,33+,38+,42+,43+/m1/s1. The summed E-state index contributed by atoms with van der Waals surface area (Å²) in [6, 6.07) is 2.40. The van der Waals surface area contributed by atoms with Crippen molar-refractivity contribution in [3.8, 4) is 0 Å². The number of aliphatic hydroxyl groups excluding tert-OH is 2. The number of esters is 1. The highest BCUT2D eigenvalue weighted by Gasteiger charge is 2.64. The molecule has 4 bridgehead atoms. The Morgan fingerprint density at radius 2 is 1.82 bits per heavy atom. The fourth-order valence-corrected chi connectivity index (χ4v) is 8.58. The molecule has 9 atom stereocenters. The number of imide groups is 1. The Morgan fingerprint density at radius 3 is 2.47 bits per heavy atom. The molecule has 0 aliphatic carbocycles. The molecule has 4 aliphatic rings. The third-order valence-corrected chi connectivity index (χ3v) is 12.9. The number of unbranched alkanes of at least 4 members (excludes halogenated alkanes) is 2. The van der Waals surface area contributed by atoms with Crippen molar-refractivity contribution in [2.75, 3.05) is 32.1 Å². The summed E-state index contributed by atoms with van der Waals surface area (Å²) >= 11 is 6.74. The van der Waals surface area contributed by atoms with Gasteiger partial charge in [0.25, 0.3) is 0 Å². The predicted octanol–water partition coefficient (Wildman–Crippen LogP) is 3.55. The number of fused-ring (bicyclic) bond motifs is 5. The van der Waals surface area contributed by atoms with Gasteiger partial charge in [-0.2, -0.15) is 0 Å². The van der Waals surface area contributed by atoms with Crippen LogP contribution in [0.5, 0.6) is 0 Å². The average molecular weight is 859 g/mol. The van der Waals surface area contributed by atoms with Crippen molar-refractivity contribution < 1.29 is 58.3 Å². The van der Waals surface area contributed by atoms with E-state index in [1.165, 1.54) is 35.7 Å². The Kier molecular flexibility index (Phi) is 14.9. The van der Waals surface area contributed by atoms with Crippen molar-refractivity contribution >= 4 is 53.0 Å². The van der Waals surface area contributed by atoms with Crippen LogP contribution in [0, 0.1) is 17.8 Å². The number of ether oxygens (including phenoxy) is 3. The van der Waals surface area contributed by atoms with Gasteiger partial charge in [0.15, 0.2) is 5.72 Å². The summed E-state index contributed by atoms with van der Waals surface area (Å²) in [5.74, 6) is -3.82. The number of nitrogens with zero attached hydrogens (tertiary/aromatic N) is 3. The number of carbonyl (C=O) groups is 6. The van der Waals surface area contributed by atoms with Crippen LogP contribution in [-0.4, -0.2) is 124 Å². The third kappa shape index (κ3) is 10.2. The second-order valence-corrected chi connectivity index (χ2v) is 17.3. The van der Waals surface area contributed by atoms with Crippen LogP contribution in [0.4, 0.5) is 10.5 Å². The van der Waals surface area contributed by atoms with Crippen LogP contribution in [0.25, 0.3) is 0 Å². The first-order chi connectivity index (χ1) is 28.2. The van der Waals surface area contributed by atoms with Crippen LogP contribution in [0.2, 0.25) is 5.02 Å². The highest BCUT2D eigenvalue weighted by molar-refractivity contribution is 6.34. The summed E-state index contributed by atoms with van der Waals surface area (Å²) in [6.07, 6.45) is 3.12. The zero-order valence-electron chi connectivity index (χ0n) is 35.4. The average Bonchev–Trinajstić information content (AvgIpc) is 3.83. The van der Waals surface area contributed by atoms with Gasteiger partial charge in [-0.15, -0.1) is 0 Å². The van der Waals surface area contributed by atoms with Crippen molar-refractivity contribution in [1.82, 2.24) is 15.1 Å². The maximum atomic E-state index is 14.2. The number of amides is 5. The zero-order chi connectivity index (χ0) is 44.3. The van der Waals surface area contributed by atoms with E-state index in [2.05, 4.69) is 5.32 Å². The Labute approximate surface area is 355 Å². The fraction of sp³-hybridized carbons (Fsp3) is 0.628. The van der Waals surface area contributed by atoms with Crippen LogP contribution in [0.1, 0.15) is 90.7 Å². The number of alkyl carbamates (subject to hydrolysis) is 1. The number of carbonyl (C=O) groups excluding carboxylic acids is 6. The highest BCUT2D eigenvalue weighted by atomic mass is 35.5. The van der Waals surface area contributed by atoms with Gasteiger partial charge in [-0.25, -0.2) is 9.59 Å². The van der Waals surface area contributed by atoms with E-state index in [1.807, 2.05) is 6.92 Å². The van der Waals surface area contributed by atoms with Gasteiger partial charge in [-0.05, 0) is 57.2 Å². The number of likely N-dealkylation sites (tertiary alicyclic amines) is 1. The Morgan fingerprint density at radius 1 is 1.10 bits per heavy atom. The number of nitrogens with one attached hydrogen (secondary N) is 1. The topological polar surface area (TPSA) is 216 Å². The maximum Gasteiger partial charge on any atom is 0.409 e. The fourth-order valence-electron chi connectivity index (χ4n) is 8.29. The minimum Gasteiger partial charge on any atom is -0.457 e. The number of benzene rings is 1. The molecule has 0 spiro atoms. The molecule has 17 heteroatoms. The predicted molar refractivity (Wildman–Crippen MR) is 219 cm³/mol.